The van der Waals surface area contributed by atoms with E-state index >= 15 is 0 Å². The van der Waals surface area contributed by atoms with Crippen molar-refractivity contribution in [3.05, 3.63) is 22.6 Å². The third-order valence-corrected chi connectivity index (χ3v) is 1.41. The highest BCUT2D eigenvalue weighted by Gasteiger charge is 1.94. The van der Waals surface area contributed by atoms with E-state index in [1.54, 1.807) is 7.05 Å². The van der Waals surface area contributed by atoms with Crippen molar-refractivity contribution < 1.29 is 5.11 Å². The van der Waals surface area contributed by atoms with Gasteiger partial charge in [-0.15, -0.1) is 0 Å². The first kappa shape index (κ1) is 8.73. The molecular weight excluding hydrogens is 158 g/mol. The van der Waals surface area contributed by atoms with Crippen molar-refractivity contribution in [3.8, 4) is 0 Å². The SMILES string of the molecule is Cn1ncc(NCCO)cc1=O. The number of nitrogens with zero attached hydrogens (tertiary/aromatic N) is 2. The number of anilines is 1. The summed E-state index contributed by atoms with van der Waals surface area (Å²) < 4.78 is 1.24. The lowest BCUT2D eigenvalue weighted by Gasteiger charge is -2.02. The lowest BCUT2D eigenvalue weighted by molar-refractivity contribution is 0.311. The van der Waals surface area contributed by atoms with Crippen LogP contribution in [0.1, 0.15) is 0 Å². The van der Waals surface area contributed by atoms with Crippen molar-refractivity contribution in [2.75, 3.05) is 18.5 Å². The van der Waals surface area contributed by atoms with E-state index in [-0.39, 0.29) is 12.2 Å². The van der Waals surface area contributed by atoms with Gasteiger partial charge in [-0.05, 0) is 0 Å². The van der Waals surface area contributed by atoms with E-state index in [4.69, 9.17) is 5.11 Å². The molecule has 0 unspecified atom stereocenters. The Morgan fingerprint density at radius 3 is 3.08 bits per heavy atom. The predicted octanol–water partition coefficient (Wildman–Crippen LogP) is -0.816. The van der Waals surface area contributed by atoms with Crippen molar-refractivity contribution in [1.29, 1.82) is 0 Å². The molecule has 0 fully saturated rings. The molecule has 1 aromatic heterocycles. The molecule has 1 heterocycles. The molecule has 5 nitrogen and oxygen atoms in total. The van der Waals surface area contributed by atoms with Crippen LogP contribution in [0.15, 0.2) is 17.1 Å². The summed E-state index contributed by atoms with van der Waals surface area (Å²) in [5, 5.41) is 15.1. The van der Waals surface area contributed by atoms with Crippen LogP contribution in [0, 0.1) is 0 Å². The lowest BCUT2D eigenvalue weighted by atomic mass is 10.4. The van der Waals surface area contributed by atoms with Gasteiger partial charge in [0.25, 0.3) is 5.56 Å². The second-order valence-electron chi connectivity index (χ2n) is 2.36. The number of nitrogens with one attached hydrogen (secondary N) is 1. The molecule has 5 heteroatoms. The summed E-state index contributed by atoms with van der Waals surface area (Å²) in [6.45, 7) is 0.462. The van der Waals surface area contributed by atoms with E-state index in [0.717, 1.165) is 0 Å². The van der Waals surface area contributed by atoms with Crippen LogP contribution in [-0.2, 0) is 7.05 Å². The number of hydrogen-bond acceptors (Lipinski definition) is 4. The maximum atomic E-state index is 11.0. The summed E-state index contributed by atoms with van der Waals surface area (Å²) in [5.74, 6) is 0. The molecule has 0 spiro atoms. The first-order chi connectivity index (χ1) is 5.74. The molecule has 0 aliphatic rings. The fourth-order valence-electron chi connectivity index (χ4n) is 0.766. The predicted molar refractivity (Wildman–Crippen MR) is 45.1 cm³/mol. The van der Waals surface area contributed by atoms with Gasteiger partial charge in [0.05, 0.1) is 18.5 Å². The van der Waals surface area contributed by atoms with E-state index < -0.39 is 0 Å². The van der Waals surface area contributed by atoms with Gasteiger partial charge in [0.2, 0.25) is 0 Å². The normalized spacial score (nSPS) is 9.83. The molecule has 0 radical (unpaired) electrons. The quantitative estimate of drug-likeness (QED) is 0.620. The number of aromatic nitrogens is 2. The monoisotopic (exact) mass is 169 g/mol. The fourth-order valence-corrected chi connectivity index (χ4v) is 0.766. The van der Waals surface area contributed by atoms with Gasteiger partial charge in [0.1, 0.15) is 0 Å². The Kier molecular flexibility index (Phi) is 2.82. The van der Waals surface area contributed by atoms with Gasteiger partial charge >= 0.3 is 0 Å². The molecule has 66 valence electrons. The van der Waals surface area contributed by atoms with Gasteiger partial charge in [-0.1, -0.05) is 0 Å². The molecule has 0 saturated heterocycles. The van der Waals surface area contributed by atoms with E-state index in [1.807, 2.05) is 0 Å². The molecule has 1 rings (SSSR count). The number of aryl methyl sites for hydroxylation is 1. The summed E-state index contributed by atoms with van der Waals surface area (Å²) in [7, 11) is 1.58. The van der Waals surface area contributed by atoms with Gasteiger partial charge in [-0.25, -0.2) is 4.68 Å². The van der Waals surface area contributed by atoms with Crippen LogP contribution in [0.5, 0.6) is 0 Å². The largest absolute Gasteiger partial charge is 0.395 e. The maximum absolute atomic E-state index is 11.0. The zero-order valence-corrected chi connectivity index (χ0v) is 6.82. The minimum atomic E-state index is -0.169. The Hall–Kier alpha value is -1.36. The van der Waals surface area contributed by atoms with Gasteiger partial charge in [-0.3, -0.25) is 4.79 Å². The van der Waals surface area contributed by atoms with Crippen LogP contribution in [0.4, 0.5) is 5.69 Å². The third kappa shape index (κ3) is 2.06. The molecule has 0 atom stereocenters. The summed E-state index contributed by atoms with van der Waals surface area (Å²) in [5.41, 5.74) is 0.463. The molecule has 12 heavy (non-hydrogen) atoms. The van der Waals surface area contributed by atoms with E-state index in [0.29, 0.717) is 12.2 Å². The van der Waals surface area contributed by atoms with Crippen LogP contribution < -0.4 is 10.9 Å². The maximum Gasteiger partial charge on any atom is 0.268 e. The van der Waals surface area contributed by atoms with E-state index in [9.17, 15) is 4.79 Å². The van der Waals surface area contributed by atoms with Crippen LogP contribution in [0.25, 0.3) is 0 Å². The number of rotatable bonds is 3. The zero-order chi connectivity index (χ0) is 8.97. The van der Waals surface area contributed by atoms with E-state index in [1.165, 1.54) is 16.9 Å². The molecule has 0 saturated carbocycles. The van der Waals surface area contributed by atoms with Gasteiger partial charge in [0, 0.05) is 19.7 Å². The minimum Gasteiger partial charge on any atom is -0.395 e. The molecule has 2 N–H and O–H groups in total. The minimum absolute atomic E-state index is 0.0369. The van der Waals surface area contributed by atoms with Crippen LogP contribution in [0.3, 0.4) is 0 Å². The summed E-state index contributed by atoms with van der Waals surface area (Å²) in [4.78, 5) is 11.0. The third-order valence-electron chi connectivity index (χ3n) is 1.41. The second kappa shape index (κ2) is 3.87. The smallest absolute Gasteiger partial charge is 0.268 e. The van der Waals surface area contributed by atoms with Crippen molar-refractivity contribution >= 4 is 5.69 Å². The van der Waals surface area contributed by atoms with Crippen molar-refractivity contribution in [2.45, 2.75) is 0 Å². The van der Waals surface area contributed by atoms with Crippen LogP contribution >= 0.6 is 0 Å². The summed E-state index contributed by atoms with van der Waals surface area (Å²) >= 11 is 0. The van der Waals surface area contributed by atoms with E-state index in [2.05, 4.69) is 10.4 Å². The number of aliphatic hydroxyl groups is 1. The van der Waals surface area contributed by atoms with Gasteiger partial charge < -0.3 is 10.4 Å². The van der Waals surface area contributed by atoms with Crippen LogP contribution in [-0.4, -0.2) is 28.0 Å². The molecule has 0 aromatic carbocycles. The molecule has 1 aromatic rings. The number of hydrogen-bond donors (Lipinski definition) is 2. The Morgan fingerprint density at radius 2 is 2.50 bits per heavy atom. The molecule has 0 aliphatic carbocycles. The van der Waals surface area contributed by atoms with Crippen LogP contribution in [0.2, 0.25) is 0 Å². The van der Waals surface area contributed by atoms with Gasteiger partial charge in [-0.2, -0.15) is 5.10 Å². The first-order valence-electron chi connectivity index (χ1n) is 3.62. The summed E-state index contributed by atoms with van der Waals surface area (Å²) in [6, 6.07) is 1.43. The Balaban J connectivity index is 2.76. The Morgan fingerprint density at radius 1 is 1.75 bits per heavy atom. The fraction of sp³-hybridized carbons (Fsp3) is 0.429. The molecular formula is C7H11N3O2. The molecule has 0 aliphatic heterocycles. The Bertz CT molecular complexity index is 308. The van der Waals surface area contributed by atoms with Gasteiger partial charge in [0.15, 0.2) is 0 Å². The van der Waals surface area contributed by atoms with Crippen molar-refractivity contribution in [1.82, 2.24) is 9.78 Å². The number of aliphatic hydroxyl groups excluding tert-OH is 1. The average molecular weight is 169 g/mol. The lowest BCUT2D eigenvalue weighted by Crippen LogP contribution is -2.19. The molecule has 0 amide bonds. The Labute approximate surface area is 69.6 Å². The zero-order valence-electron chi connectivity index (χ0n) is 6.82. The highest BCUT2D eigenvalue weighted by atomic mass is 16.3. The summed E-state index contributed by atoms with van der Waals surface area (Å²) in [6.07, 6.45) is 1.54. The second-order valence-corrected chi connectivity index (χ2v) is 2.36. The molecule has 0 bridgehead atoms. The standard InChI is InChI=1S/C7H11N3O2/c1-10-7(12)4-6(5-9-10)8-2-3-11/h4-5,8,11H,2-3H2,1H3. The topological polar surface area (TPSA) is 67.2 Å². The average Bonchev–Trinajstić information content (AvgIpc) is 2.07. The van der Waals surface area contributed by atoms with Crippen molar-refractivity contribution in [3.63, 3.8) is 0 Å². The first-order valence-corrected chi connectivity index (χ1v) is 3.62. The van der Waals surface area contributed by atoms with Crippen molar-refractivity contribution in [2.24, 2.45) is 7.05 Å². The highest BCUT2D eigenvalue weighted by Crippen LogP contribution is 1.96. The highest BCUT2D eigenvalue weighted by molar-refractivity contribution is 5.38.